The predicted molar refractivity (Wildman–Crippen MR) is 197 cm³/mol. The van der Waals surface area contributed by atoms with E-state index in [1.807, 2.05) is 18.4 Å². The highest BCUT2D eigenvalue weighted by Gasteiger charge is 2.37. The van der Waals surface area contributed by atoms with Crippen LogP contribution >= 0.6 is 11.3 Å². The number of β-amino-alcohol motifs (C(OH)–C–C–N with tert-alkyl or cyclic N) is 1. The third-order valence-corrected chi connectivity index (χ3v) is 11.2. The number of methoxy groups -OCH3 is 1. The highest BCUT2D eigenvalue weighted by molar-refractivity contribution is 7.10. The van der Waals surface area contributed by atoms with E-state index in [4.69, 9.17) is 19.4 Å². The van der Waals surface area contributed by atoms with Crippen LogP contribution in [0.5, 0.6) is 0 Å². The first-order chi connectivity index (χ1) is 25.0. The Morgan fingerprint density at radius 1 is 1.25 bits per heavy atom. The van der Waals surface area contributed by atoms with Gasteiger partial charge in [0.05, 0.1) is 54.0 Å². The van der Waals surface area contributed by atoms with Crippen molar-refractivity contribution in [2.45, 2.75) is 84.2 Å². The number of hydrogen-bond acceptors (Lipinski definition) is 10. The molecule has 14 heteroatoms. The normalized spacial score (nSPS) is 21.7. The highest BCUT2D eigenvalue weighted by Crippen LogP contribution is 2.42. The summed E-state index contributed by atoms with van der Waals surface area (Å²) in [5.41, 5.74) is 9.45. The quantitative estimate of drug-likeness (QED) is 0.253. The third kappa shape index (κ3) is 7.04. The maximum absolute atomic E-state index is 14.0. The number of urea groups is 1. The van der Waals surface area contributed by atoms with Crippen molar-refractivity contribution in [3.8, 4) is 22.5 Å². The van der Waals surface area contributed by atoms with Gasteiger partial charge in [0.2, 0.25) is 0 Å². The number of rotatable bonds is 5. The molecule has 0 spiro atoms. The summed E-state index contributed by atoms with van der Waals surface area (Å²) in [4.78, 5) is 51.9. The fourth-order valence-electron chi connectivity index (χ4n) is 7.43. The number of amides is 3. The van der Waals surface area contributed by atoms with E-state index in [0.29, 0.717) is 30.8 Å². The minimum absolute atomic E-state index is 0.165. The molecule has 3 aliphatic rings. The molecule has 6 bridgehead atoms. The van der Waals surface area contributed by atoms with Gasteiger partial charge in [-0.25, -0.2) is 15.2 Å². The summed E-state index contributed by atoms with van der Waals surface area (Å²) in [5, 5.41) is 17.8. The van der Waals surface area contributed by atoms with Crippen molar-refractivity contribution in [3.63, 3.8) is 0 Å². The van der Waals surface area contributed by atoms with Gasteiger partial charge in [-0.1, -0.05) is 19.9 Å². The minimum atomic E-state index is -0.942. The van der Waals surface area contributed by atoms with Gasteiger partial charge in [0.1, 0.15) is 12.1 Å². The Morgan fingerprint density at radius 2 is 2.06 bits per heavy atom. The summed E-state index contributed by atoms with van der Waals surface area (Å²) >= 11 is 1.44. The van der Waals surface area contributed by atoms with Gasteiger partial charge in [-0.2, -0.15) is 0 Å². The van der Waals surface area contributed by atoms with E-state index in [1.54, 1.807) is 13.3 Å². The molecular formula is C38H47N7O6S. The lowest BCUT2D eigenvalue weighted by molar-refractivity contribution is -0.155. The number of fused-ring (bicyclic) bond motifs is 6. The van der Waals surface area contributed by atoms with Crippen molar-refractivity contribution in [1.82, 2.24) is 35.2 Å². The van der Waals surface area contributed by atoms with E-state index < -0.39 is 35.6 Å². The number of pyridine rings is 1. The van der Waals surface area contributed by atoms with Crippen LogP contribution in [0.4, 0.5) is 4.79 Å². The van der Waals surface area contributed by atoms with Crippen LogP contribution in [-0.4, -0.2) is 99.0 Å². The van der Waals surface area contributed by atoms with Crippen LogP contribution in [0.25, 0.3) is 33.4 Å². The van der Waals surface area contributed by atoms with Crippen LogP contribution in [-0.2, 0) is 38.4 Å². The molecule has 0 aliphatic carbocycles. The predicted octanol–water partition coefficient (Wildman–Crippen LogP) is 4.47. The number of esters is 1. The van der Waals surface area contributed by atoms with Crippen LogP contribution < -0.4 is 10.7 Å². The van der Waals surface area contributed by atoms with Crippen molar-refractivity contribution in [3.05, 3.63) is 58.2 Å². The van der Waals surface area contributed by atoms with Crippen LogP contribution in [0, 0.1) is 5.41 Å². The Balaban J connectivity index is 1.34. The first kappa shape index (κ1) is 36.0. The summed E-state index contributed by atoms with van der Waals surface area (Å²) < 4.78 is 14.1. The number of ether oxygens (including phenoxy) is 2. The average molecular weight is 730 g/mol. The largest absolute Gasteiger partial charge is 0.464 e. The second-order valence-corrected chi connectivity index (χ2v) is 15.7. The molecule has 0 unspecified atom stereocenters. The molecule has 3 aliphatic heterocycles. The zero-order chi connectivity index (χ0) is 36.7. The molecule has 0 radical (unpaired) electrons. The maximum Gasteiger partial charge on any atom is 0.324 e. The zero-order valence-electron chi connectivity index (χ0n) is 30.3. The second kappa shape index (κ2) is 14.6. The number of nitrogens with zero attached hydrogens (tertiary/aromatic N) is 5. The van der Waals surface area contributed by atoms with Gasteiger partial charge in [-0.15, -0.1) is 11.3 Å². The van der Waals surface area contributed by atoms with Crippen molar-refractivity contribution >= 4 is 40.1 Å². The Labute approximate surface area is 307 Å². The summed E-state index contributed by atoms with van der Waals surface area (Å²) in [6, 6.07) is 8.36. The zero-order valence-corrected chi connectivity index (χ0v) is 31.2. The molecule has 1 aromatic carbocycles. The lowest BCUT2D eigenvalue weighted by atomic mass is 9.84. The van der Waals surface area contributed by atoms with E-state index in [-0.39, 0.29) is 38.1 Å². The summed E-state index contributed by atoms with van der Waals surface area (Å²) in [5.74, 6) is -0.782. The van der Waals surface area contributed by atoms with Gasteiger partial charge >= 0.3 is 12.0 Å². The number of hydrogen-bond donors (Lipinski definition) is 3. The number of carbonyl (C=O) groups excluding carboxylic acids is 3. The molecule has 2 fully saturated rings. The number of aromatic nitrogens is 3. The van der Waals surface area contributed by atoms with E-state index >= 15 is 0 Å². The fraction of sp³-hybridized carbons (Fsp3) is 0.500. The second-order valence-electron chi connectivity index (χ2n) is 14.8. The van der Waals surface area contributed by atoms with Crippen molar-refractivity contribution in [2.75, 3.05) is 33.4 Å². The van der Waals surface area contributed by atoms with Gasteiger partial charge in [0, 0.05) is 65.6 Å². The van der Waals surface area contributed by atoms with Crippen LogP contribution in [0.15, 0.2) is 41.9 Å². The van der Waals surface area contributed by atoms with E-state index in [9.17, 15) is 19.5 Å². The Hall–Kier alpha value is -4.37. The molecular weight excluding hydrogens is 683 g/mol. The maximum atomic E-state index is 14.0. The van der Waals surface area contributed by atoms with Crippen molar-refractivity contribution < 1.29 is 29.0 Å². The average Bonchev–Trinajstić information content (AvgIpc) is 3.72. The number of cyclic esters (lactones) is 1. The number of hydrazine groups is 1. The van der Waals surface area contributed by atoms with E-state index in [2.05, 4.69) is 60.3 Å². The number of nitrogens with one attached hydrogen (secondary N) is 2. The van der Waals surface area contributed by atoms with Crippen LogP contribution in [0.3, 0.4) is 0 Å². The molecule has 0 saturated carbocycles. The molecule has 3 atom stereocenters. The Kier molecular flexibility index (Phi) is 10.1. The number of aliphatic hydroxyl groups excluding tert-OH is 1. The van der Waals surface area contributed by atoms with Gasteiger partial charge in [0.25, 0.3) is 5.91 Å². The first-order valence-corrected chi connectivity index (χ1v) is 18.9. The van der Waals surface area contributed by atoms with Gasteiger partial charge in [-0.3, -0.25) is 19.6 Å². The van der Waals surface area contributed by atoms with Gasteiger partial charge in [0.15, 0.2) is 0 Å². The molecule has 7 rings (SSSR count). The minimum Gasteiger partial charge on any atom is -0.464 e. The highest BCUT2D eigenvalue weighted by atomic mass is 32.1. The first-order valence-electron chi connectivity index (χ1n) is 18.0. The molecule has 3 amide bonds. The monoisotopic (exact) mass is 729 g/mol. The lowest BCUT2D eigenvalue weighted by Crippen LogP contribution is -2.63. The fourth-order valence-corrected chi connectivity index (χ4v) is 8.28. The van der Waals surface area contributed by atoms with Gasteiger partial charge < -0.3 is 29.4 Å². The van der Waals surface area contributed by atoms with E-state index in [0.717, 1.165) is 51.2 Å². The number of carbonyl (C=O) groups is 3. The third-order valence-electron chi connectivity index (χ3n) is 10.3. The topological polar surface area (TPSA) is 151 Å². The molecule has 276 valence electrons. The number of likely N-dealkylation sites (tertiary alicyclic amines) is 1. The smallest absolute Gasteiger partial charge is 0.324 e. The molecule has 52 heavy (non-hydrogen) atoms. The number of aryl methyl sites for hydroxylation is 1. The lowest BCUT2D eigenvalue weighted by Gasteiger charge is -2.38. The Morgan fingerprint density at radius 3 is 2.81 bits per heavy atom. The van der Waals surface area contributed by atoms with E-state index in [1.165, 1.54) is 21.2 Å². The standard InChI is InChI=1S/C38H47N7O6S/c1-6-44-31-12-11-23-15-26(31)27(34(44)25-9-7-13-39-33(25)22(2)50-5)17-38(3,4)21-51-36(48)28-10-8-14-45(42-28)35(47)29(16-32-40-30(23)20-52-32)41-37(49)43-18-24(46)19-43/h7,9,11-13,15,20,22,24,28-29,42,46H,6,8,10,14,16-19,21H2,1-5H3,(H,41,49)/t22-,28-,29-/m0/s1. The van der Waals surface area contributed by atoms with Crippen LogP contribution in [0.1, 0.15) is 62.9 Å². The number of thiazole rings is 1. The molecule has 6 heterocycles. The molecule has 13 nitrogen and oxygen atoms in total. The van der Waals surface area contributed by atoms with Crippen LogP contribution in [0.2, 0.25) is 0 Å². The summed E-state index contributed by atoms with van der Waals surface area (Å²) in [6.45, 7) is 10.0. The number of benzene rings is 1. The van der Waals surface area contributed by atoms with Crippen molar-refractivity contribution in [2.24, 2.45) is 5.41 Å². The summed E-state index contributed by atoms with van der Waals surface area (Å²) in [7, 11) is 1.69. The molecule has 3 aromatic heterocycles. The summed E-state index contributed by atoms with van der Waals surface area (Å²) in [6.07, 6.45) is 2.87. The van der Waals surface area contributed by atoms with Crippen molar-refractivity contribution in [1.29, 1.82) is 0 Å². The molecule has 2 saturated heterocycles. The molecule has 3 N–H and O–H groups in total. The SMILES string of the molecule is CCn1c(-c2cccnc2[C@H](C)OC)c2c3cc(ccc31)-c1csc(n1)C[C@H](NC(=O)N1CC(O)C1)C(=O)N1CCC[C@H](N1)C(=O)OCC(C)(C)C2. The molecule has 4 aromatic rings. The Bertz CT molecular complexity index is 1980. The van der Waals surface area contributed by atoms with Gasteiger partial charge in [-0.05, 0) is 62.9 Å². The number of aliphatic hydroxyl groups is 1.